The molecule has 3 heteroatoms. The van der Waals surface area contributed by atoms with Gasteiger partial charge in [-0.2, -0.15) is 0 Å². The molecule has 0 radical (unpaired) electrons. The molecule has 0 bridgehead atoms. The first-order valence-electron chi connectivity index (χ1n) is 2.22. The van der Waals surface area contributed by atoms with Gasteiger partial charge in [-0.25, -0.2) is 9.06 Å². The fourth-order valence-corrected chi connectivity index (χ4v) is 1.27. The molecule has 0 atom stereocenters. The van der Waals surface area contributed by atoms with Gasteiger partial charge in [0.05, 0.1) is 21.1 Å². The summed E-state index contributed by atoms with van der Waals surface area (Å²) in [6, 6.07) is 0. The highest BCUT2D eigenvalue weighted by Crippen LogP contribution is 1.93. The Morgan fingerprint density at radius 1 is 1.86 bits per heavy atom. The van der Waals surface area contributed by atoms with Gasteiger partial charge in [-0.3, -0.25) is 0 Å². The predicted molar refractivity (Wildman–Crippen MR) is 40.3 cm³/mol. The molecule has 0 saturated carbocycles. The Balaban J connectivity index is 2.78. The molecule has 0 aliphatic heterocycles. The van der Waals surface area contributed by atoms with Crippen molar-refractivity contribution >= 4 is 25.2 Å². The highest BCUT2D eigenvalue weighted by molar-refractivity contribution is 14.2. The zero-order chi connectivity index (χ0) is 5.54. The van der Waals surface area contributed by atoms with E-state index in [1.54, 1.807) is 0 Å². The van der Waals surface area contributed by atoms with Crippen molar-refractivity contribution in [1.82, 2.24) is 0 Å². The molecule has 0 unspecified atom stereocenters. The third-order valence-electron chi connectivity index (χ3n) is 0.512. The van der Waals surface area contributed by atoms with E-state index in [0.29, 0.717) is 0 Å². The minimum Gasteiger partial charge on any atom is -0.243 e. The van der Waals surface area contributed by atoms with Gasteiger partial charge < -0.3 is 0 Å². The van der Waals surface area contributed by atoms with Gasteiger partial charge in [-0.05, 0) is 10.4 Å². The van der Waals surface area contributed by atoms with E-state index in [-0.39, 0.29) is 21.1 Å². The molecule has 0 aromatic carbocycles. The highest BCUT2D eigenvalue weighted by atomic mass is 127. The maximum Gasteiger partial charge on any atom is 0.0645 e. The molecule has 0 spiro atoms. The van der Waals surface area contributed by atoms with Crippen LogP contribution in [-0.2, 0) is 3.17 Å². The van der Waals surface area contributed by atoms with E-state index in [2.05, 4.69) is 14.1 Å². The smallest absolute Gasteiger partial charge is 0.0645 e. The minimum absolute atomic E-state index is 0.226. The number of unbranched alkanes of at least 4 members (excludes halogenated alkanes) is 1. The Morgan fingerprint density at radius 3 is 3.00 bits per heavy atom. The Bertz CT molecular complexity index is 55.7. The van der Waals surface area contributed by atoms with Crippen LogP contribution in [0.4, 0.5) is 0 Å². The number of rotatable bonds is 3. The van der Waals surface area contributed by atoms with Gasteiger partial charge in [0, 0.05) is 0 Å². The Morgan fingerprint density at radius 2 is 2.57 bits per heavy atom. The molecule has 0 saturated heterocycles. The van der Waals surface area contributed by atoms with Gasteiger partial charge in [0.15, 0.2) is 0 Å². The van der Waals surface area contributed by atoms with Crippen LogP contribution in [0.3, 0.4) is 0 Å². The lowest BCUT2D eigenvalue weighted by atomic mass is 10.4. The van der Waals surface area contributed by atoms with Gasteiger partial charge in [0.1, 0.15) is 0 Å². The van der Waals surface area contributed by atoms with Gasteiger partial charge in [0.25, 0.3) is 0 Å². The molecule has 0 aromatic heterocycles. The quantitative estimate of drug-likeness (QED) is 0.569. The van der Waals surface area contributed by atoms with Crippen molar-refractivity contribution < 1.29 is 3.17 Å². The van der Waals surface area contributed by atoms with Gasteiger partial charge in [-0.1, -0.05) is 13.3 Å². The second-order valence-electron chi connectivity index (χ2n) is 1.12. The first-order chi connectivity index (χ1) is 3.41. The third-order valence-corrected chi connectivity index (χ3v) is 1.79. The fourth-order valence-electron chi connectivity index (χ4n) is 0.190. The fraction of sp³-hybridized carbons (Fsp3) is 0.750. The SMILES string of the molecule is CCCC=ION. The lowest BCUT2D eigenvalue weighted by Crippen LogP contribution is -1.82. The monoisotopic (exact) mass is 215 g/mol. The molecule has 0 rings (SSSR count). The third kappa shape index (κ3) is 6.52. The molecule has 2 N–H and O–H groups in total. The molecule has 0 aliphatic rings. The van der Waals surface area contributed by atoms with Crippen molar-refractivity contribution in [2.75, 3.05) is 0 Å². The van der Waals surface area contributed by atoms with Crippen molar-refractivity contribution in [3.05, 3.63) is 0 Å². The molecule has 0 aliphatic carbocycles. The van der Waals surface area contributed by atoms with Crippen molar-refractivity contribution in [3.8, 4) is 0 Å². The van der Waals surface area contributed by atoms with Crippen molar-refractivity contribution in [1.29, 1.82) is 0 Å². The van der Waals surface area contributed by atoms with Crippen molar-refractivity contribution in [2.45, 2.75) is 19.8 Å². The molecule has 2 nitrogen and oxygen atoms in total. The first-order valence-corrected chi connectivity index (χ1v) is 4.35. The molecular weight excluding hydrogens is 205 g/mol. The second-order valence-corrected chi connectivity index (χ2v) is 3.02. The van der Waals surface area contributed by atoms with Crippen LogP contribution < -0.4 is 5.90 Å². The van der Waals surface area contributed by atoms with E-state index in [1.165, 1.54) is 6.42 Å². The van der Waals surface area contributed by atoms with Gasteiger partial charge >= 0.3 is 0 Å². The van der Waals surface area contributed by atoms with Crippen LogP contribution in [0.1, 0.15) is 19.8 Å². The van der Waals surface area contributed by atoms with E-state index in [0.717, 1.165) is 6.42 Å². The van der Waals surface area contributed by atoms with E-state index in [9.17, 15) is 0 Å². The summed E-state index contributed by atoms with van der Waals surface area (Å²) in [7, 11) is 0. The van der Waals surface area contributed by atoms with Crippen LogP contribution in [0.15, 0.2) is 0 Å². The van der Waals surface area contributed by atoms with E-state index >= 15 is 0 Å². The molecular formula is C4H10INO. The molecule has 7 heavy (non-hydrogen) atoms. The van der Waals surface area contributed by atoms with Crippen LogP contribution in [0.2, 0.25) is 0 Å². The Kier molecular flexibility index (Phi) is 7.00. The lowest BCUT2D eigenvalue weighted by molar-refractivity contribution is 0.457. The summed E-state index contributed by atoms with van der Waals surface area (Å²) in [4.78, 5) is 0. The summed E-state index contributed by atoms with van der Waals surface area (Å²) < 4.78 is 6.52. The molecule has 0 aromatic rings. The van der Waals surface area contributed by atoms with Crippen molar-refractivity contribution in [3.63, 3.8) is 0 Å². The van der Waals surface area contributed by atoms with Crippen LogP contribution in [0, 0.1) is 0 Å². The summed E-state index contributed by atoms with van der Waals surface area (Å²) in [5.41, 5.74) is 0. The topological polar surface area (TPSA) is 35.2 Å². The molecule has 44 valence electrons. The average molecular weight is 215 g/mol. The highest BCUT2D eigenvalue weighted by Gasteiger charge is 1.69. The summed E-state index contributed by atoms with van der Waals surface area (Å²) in [6.45, 7) is 2.14. The zero-order valence-electron chi connectivity index (χ0n) is 4.36. The Hall–Kier alpha value is 0.520. The summed E-state index contributed by atoms with van der Waals surface area (Å²) in [5.74, 6) is 4.79. The largest absolute Gasteiger partial charge is 0.243 e. The van der Waals surface area contributed by atoms with E-state index < -0.39 is 0 Å². The number of nitrogens with two attached hydrogens (primary N) is 1. The number of hydrogen-bond donors (Lipinski definition) is 1. The molecule has 0 amide bonds. The molecule has 0 heterocycles. The zero-order valence-corrected chi connectivity index (χ0v) is 6.51. The maximum absolute atomic E-state index is 4.79. The molecule has 0 fully saturated rings. The Labute approximate surface area is 54.3 Å². The van der Waals surface area contributed by atoms with Gasteiger partial charge in [0.2, 0.25) is 0 Å². The van der Waals surface area contributed by atoms with Gasteiger partial charge in [-0.15, -0.1) is 0 Å². The summed E-state index contributed by atoms with van der Waals surface area (Å²) >= 11 is -0.226. The first kappa shape index (κ1) is 7.52. The second kappa shape index (κ2) is 6.52. The number of hydrogen-bond acceptors (Lipinski definition) is 2. The lowest BCUT2D eigenvalue weighted by Gasteiger charge is -1.79. The summed E-state index contributed by atoms with van der Waals surface area (Å²) in [5, 5.41) is 0. The van der Waals surface area contributed by atoms with Crippen LogP contribution in [0.25, 0.3) is 0 Å². The van der Waals surface area contributed by atoms with Crippen LogP contribution >= 0.6 is 21.1 Å². The van der Waals surface area contributed by atoms with Crippen LogP contribution in [-0.4, -0.2) is 4.01 Å². The van der Waals surface area contributed by atoms with Crippen molar-refractivity contribution in [2.24, 2.45) is 5.90 Å². The predicted octanol–water partition coefficient (Wildman–Crippen LogP) is 1.36. The van der Waals surface area contributed by atoms with E-state index in [4.69, 9.17) is 5.90 Å². The van der Waals surface area contributed by atoms with Crippen LogP contribution in [0.5, 0.6) is 0 Å². The maximum atomic E-state index is 4.79. The normalized spacial score (nSPS) is 11.7. The van der Waals surface area contributed by atoms with E-state index in [1.807, 2.05) is 0 Å². The minimum atomic E-state index is -0.226. The standard InChI is InChI=1S/C4H10INO/c1-2-3-4-5-7-6/h4H,2-3,6H2,1H3. The number of halogens is 1. The average Bonchev–Trinajstić information content (AvgIpc) is 1.69. The summed E-state index contributed by atoms with van der Waals surface area (Å²) in [6.07, 6.45) is 2.34.